The molecular formula is C14H15ClFNO2. The van der Waals surface area contributed by atoms with E-state index in [-0.39, 0.29) is 22.6 Å². The van der Waals surface area contributed by atoms with E-state index in [1.807, 2.05) is 0 Å². The fraction of sp³-hybridized carbons (Fsp3) is 0.357. The highest BCUT2D eigenvalue weighted by atomic mass is 35.5. The van der Waals surface area contributed by atoms with Crippen LogP contribution < -0.4 is 5.32 Å². The number of nitrogens with one attached hydrogen (secondary N) is 1. The van der Waals surface area contributed by atoms with Crippen LogP contribution in [0.5, 0.6) is 0 Å². The number of amides is 1. The molecule has 5 heteroatoms. The van der Waals surface area contributed by atoms with Crippen molar-refractivity contribution in [3.63, 3.8) is 0 Å². The molecule has 0 spiro atoms. The first-order valence-corrected chi connectivity index (χ1v) is 6.56. The Kier molecular flexibility index (Phi) is 4.93. The summed E-state index contributed by atoms with van der Waals surface area (Å²) in [6.45, 7) is 1.23. The van der Waals surface area contributed by atoms with Crippen molar-refractivity contribution in [3.8, 4) is 0 Å². The molecule has 1 atom stereocenters. The maximum absolute atomic E-state index is 13.4. The van der Waals surface area contributed by atoms with Crippen LogP contribution in [0.2, 0.25) is 5.02 Å². The average Bonchev–Trinajstić information content (AvgIpc) is 2.89. The van der Waals surface area contributed by atoms with Crippen LogP contribution in [-0.4, -0.2) is 25.2 Å². The summed E-state index contributed by atoms with van der Waals surface area (Å²) in [6, 6.07) is 4.40. The monoisotopic (exact) mass is 283 g/mol. The largest absolute Gasteiger partial charge is 0.376 e. The Morgan fingerprint density at radius 3 is 3.11 bits per heavy atom. The molecule has 0 aliphatic carbocycles. The Morgan fingerprint density at radius 2 is 2.42 bits per heavy atom. The highest BCUT2D eigenvalue weighted by Crippen LogP contribution is 2.20. The van der Waals surface area contributed by atoms with Gasteiger partial charge >= 0.3 is 0 Å². The van der Waals surface area contributed by atoms with Crippen molar-refractivity contribution in [1.82, 2.24) is 5.32 Å². The van der Waals surface area contributed by atoms with Crippen molar-refractivity contribution < 1.29 is 13.9 Å². The SMILES string of the molecule is O=C(/C=C/c1c(F)cccc1Cl)NC[C@H]1CCCO1. The first-order valence-electron chi connectivity index (χ1n) is 6.18. The lowest BCUT2D eigenvalue weighted by Gasteiger charge is -2.08. The Labute approximate surface area is 116 Å². The third kappa shape index (κ3) is 4.04. The lowest BCUT2D eigenvalue weighted by Crippen LogP contribution is -2.30. The third-order valence-corrected chi connectivity index (χ3v) is 3.26. The molecule has 1 saturated heterocycles. The molecule has 0 aromatic heterocycles. The zero-order valence-electron chi connectivity index (χ0n) is 10.4. The van der Waals surface area contributed by atoms with Crippen molar-refractivity contribution in [3.05, 3.63) is 40.7 Å². The lowest BCUT2D eigenvalue weighted by atomic mass is 10.2. The average molecular weight is 284 g/mol. The first kappa shape index (κ1) is 14.0. The molecule has 0 saturated carbocycles. The standard InChI is InChI=1S/C14H15ClFNO2/c15-12-4-1-5-13(16)11(12)6-7-14(18)17-9-10-3-2-8-19-10/h1,4-7,10H,2-3,8-9H2,(H,17,18)/b7-6+/t10-/m1/s1. The molecule has 0 bridgehead atoms. The summed E-state index contributed by atoms with van der Waals surface area (Å²) in [5.41, 5.74) is 0.219. The molecule has 0 unspecified atom stereocenters. The van der Waals surface area contributed by atoms with Gasteiger partial charge in [0.15, 0.2) is 0 Å². The molecule has 1 fully saturated rings. The number of halogens is 2. The van der Waals surface area contributed by atoms with Crippen LogP contribution in [-0.2, 0) is 9.53 Å². The van der Waals surface area contributed by atoms with Crippen LogP contribution in [0.3, 0.4) is 0 Å². The Bertz CT molecular complexity index is 464. The minimum atomic E-state index is -0.448. The van der Waals surface area contributed by atoms with Gasteiger partial charge in [-0.2, -0.15) is 0 Å². The van der Waals surface area contributed by atoms with Crippen LogP contribution in [0, 0.1) is 5.82 Å². The van der Waals surface area contributed by atoms with E-state index in [0.29, 0.717) is 6.54 Å². The molecule has 1 aromatic rings. The van der Waals surface area contributed by atoms with Crippen LogP contribution >= 0.6 is 11.6 Å². The van der Waals surface area contributed by atoms with Gasteiger partial charge in [-0.25, -0.2) is 4.39 Å². The van der Waals surface area contributed by atoms with Crippen LogP contribution in [0.1, 0.15) is 18.4 Å². The molecule has 1 aliphatic heterocycles. The summed E-state index contributed by atoms with van der Waals surface area (Å²) in [6.07, 6.45) is 4.74. The normalized spacial score (nSPS) is 18.9. The van der Waals surface area contributed by atoms with Gasteiger partial charge in [0.1, 0.15) is 5.82 Å². The molecule has 0 radical (unpaired) electrons. The van der Waals surface area contributed by atoms with Gasteiger partial charge < -0.3 is 10.1 Å². The predicted molar refractivity (Wildman–Crippen MR) is 72.4 cm³/mol. The molecule has 1 N–H and O–H groups in total. The number of hydrogen-bond acceptors (Lipinski definition) is 2. The minimum Gasteiger partial charge on any atom is -0.376 e. The van der Waals surface area contributed by atoms with Gasteiger partial charge in [0, 0.05) is 24.8 Å². The summed E-state index contributed by atoms with van der Waals surface area (Å²) in [4.78, 5) is 11.6. The molecule has 3 nitrogen and oxygen atoms in total. The van der Waals surface area contributed by atoms with Gasteiger partial charge in [0.05, 0.1) is 11.1 Å². The molecule has 1 amide bonds. The van der Waals surface area contributed by atoms with Gasteiger partial charge in [0.25, 0.3) is 0 Å². The number of ether oxygens (including phenoxy) is 1. The number of benzene rings is 1. The molecule has 102 valence electrons. The minimum absolute atomic E-state index is 0.0920. The fourth-order valence-electron chi connectivity index (χ4n) is 1.91. The maximum atomic E-state index is 13.4. The van der Waals surface area contributed by atoms with Crippen LogP contribution in [0.4, 0.5) is 4.39 Å². The zero-order valence-corrected chi connectivity index (χ0v) is 11.1. The lowest BCUT2D eigenvalue weighted by molar-refractivity contribution is -0.116. The fourth-order valence-corrected chi connectivity index (χ4v) is 2.13. The Balaban J connectivity index is 1.88. The van der Waals surface area contributed by atoms with Crippen molar-refractivity contribution in [2.24, 2.45) is 0 Å². The van der Waals surface area contributed by atoms with Crippen molar-refractivity contribution in [1.29, 1.82) is 0 Å². The zero-order chi connectivity index (χ0) is 13.7. The van der Waals surface area contributed by atoms with E-state index in [1.165, 1.54) is 24.3 Å². The highest BCUT2D eigenvalue weighted by Gasteiger charge is 2.15. The van der Waals surface area contributed by atoms with Crippen LogP contribution in [0.15, 0.2) is 24.3 Å². The van der Waals surface area contributed by atoms with Crippen molar-refractivity contribution in [2.45, 2.75) is 18.9 Å². The highest BCUT2D eigenvalue weighted by molar-refractivity contribution is 6.32. The van der Waals surface area contributed by atoms with Gasteiger partial charge in [-0.05, 0) is 31.1 Å². The van der Waals surface area contributed by atoms with E-state index in [9.17, 15) is 9.18 Å². The van der Waals surface area contributed by atoms with E-state index in [0.717, 1.165) is 19.4 Å². The number of rotatable bonds is 4. The molecule has 2 rings (SSSR count). The molecular weight excluding hydrogens is 269 g/mol. The third-order valence-electron chi connectivity index (χ3n) is 2.93. The summed E-state index contributed by atoms with van der Waals surface area (Å²) < 4.78 is 18.8. The summed E-state index contributed by atoms with van der Waals surface area (Å²) >= 11 is 5.85. The Morgan fingerprint density at radius 1 is 1.58 bits per heavy atom. The van der Waals surface area contributed by atoms with Gasteiger partial charge in [-0.15, -0.1) is 0 Å². The maximum Gasteiger partial charge on any atom is 0.244 e. The molecule has 19 heavy (non-hydrogen) atoms. The van der Waals surface area contributed by atoms with E-state index < -0.39 is 5.82 Å². The second-order valence-corrected chi connectivity index (χ2v) is 4.76. The molecule has 1 heterocycles. The van der Waals surface area contributed by atoms with Gasteiger partial charge in [0.2, 0.25) is 5.91 Å². The Hall–Kier alpha value is -1.39. The van der Waals surface area contributed by atoms with Gasteiger partial charge in [-0.1, -0.05) is 17.7 Å². The van der Waals surface area contributed by atoms with E-state index in [2.05, 4.69) is 5.32 Å². The number of hydrogen-bond donors (Lipinski definition) is 1. The number of carbonyl (C=O) groups excluding carboxylic acids is 1. The quantitative estimate of drug-likeness (QED) is 0.863. The topological polar surface area (TPSA) is 38.3 Å². The molecule has 1 aromatic carbocycles. The summed E-state index contributed by atoms with van der Waals surface area (Å²) in [5.74, 6) is -0.731. The van der Waals surface area contributed by atoms with Crippen molar-refractivity contribution in [2.75, 3.05) is 13.2 Å². The molecule has 1 aliphatic rings. The smallest absolute Gasteiger partial charge is 0.244 e. The first-order chi connectivity index (χ1) is 9.16. The van der Waals surface area contributed by atoms with Crippen LogP contribution in [0.25, 0.3) is 6.08 Å². The van der Waals surface area contributed by atoms with Gasteiger partial charge in [-0.3, -0.25) is 4.79 Å². The van der Waals surface area contributed by atoms with E-state index in [1.54, 1.807) is 6.07 Å². The van der Waals surface area contributed by atoms with E-state index >= 15 is 0 Å². The second-order valence-electron chi connectivity index (χ2n) is 4.35. The summed E-state index contributed by atoms with van der Waals surface area (Å²) in [5, 5.41) is 3.00. The van der Waals surface area contributed by atoms with E-state index in [4.69, 9.17) is 16.3 Å². The number of carbonyl (C=O) groups is 1. The summed E-state index contributed by atoms with van der Waals surface area (Å²) in [7, 11) is 0. The second kappa shape index (κ2) is 6.68. The predicted octanol–water partition coefficient (Wildman–Crippen LogP) is 2.79. The van der Waals surface area contributed by atoms with Crippen molar-refractivity contribution >= 4 is 23.6 Å².